The number of alkyl halides is 2. The van der Waals surface area contributed by atoms with Gasteiger partial charge < -0.3 is 15.0 Å². The molecule has 3 heterocycles. The molecule has 190 valence electrons. The van der Waals surface area contributed by atoms with Crippen molar-refractivity contribution >= 4 is 17.3 Å². The van der Waals surface area contributed by atoms with Crippen molar-refractivity contribution in [2.24, 2.45) is 5.73 Å². The molecule has 8 nitrogen and oxygen atoms in total. The second-order valence-corrected chi connectivity index (χ2v) is 9.06. The molecule has 0 spiro atoms. The van der Waals surface area contributed by atoms with Crippen molar-refractivity contribution in [2.75, 3.05) is 20.6 Å². The van der Waals surface area contributed by atoms with Crippen LogP contribution in [0.25, 0.3) is 11.0 Å². The second-order valence-electron chi connectivity index (χ2n) is 9.06. The number of carbonyl (C=O) groups excluding carboxylic acids is 1. The van der Waals surface area contributed by atoms with Crippen molar-refractivity contribution in [3.8, 4) is 17.6 Å². The highest BCUT2D eigenvalue weighted by Crippen LogP contribution is 2.46. The monoisotopic (exact) mass is 504 g/mol. The standard InChI is InChI=1S/C27H26F2N6O2/c1-33(2)23-13-22(25-19(16-36)4-3-5-24(25)37-27(28)29)35-21-12-17(8-9-20(21)32-26(23)35)6-7-18-14-31-34(15-18)11-10-30/h3-5,8-9,12,14-16,22-23,27H,10-11,13,30H2,1-2H3. The van der Waals surface area contributed by atoms with Crippen LogP contribution in [-0.2, 0) is 6.54 Å². The molecule has 0 bridgehead atoms. The number of aldehydes is 1. The van der Waals surface area contributed by atoms with Gasteiger partial charge in [0.1, 0.15) is 11.6 Å². The van der Waals surface area contributed by atoms with Gasteiger partial charge in [-0.2, -0.15) is 13.9 Å². The van der Waals surface area contributed by atoms with E-state index < -0.39 is 12.7 Å². The predicted molar refractivity (Wildman–Crippen MR) is 135 cm³/mol. The lowest BCUT2D eigenvalue weighted by molar-refractivity contribution is -0.0507. The maximum Gasteiger partial charge on any atom is 0.387 e. The lowest BCUT2D eigenvalue weighted by atomic mass is 9.96. The number of fused-ring (bicyclic) bond motifs is 3. The normalized spacial score (nSPS) is 16.7. The molecule has 2 N–H and O–H groups in total. The topological polar surface area (TPSA) is 91.2 Å². The van der Waals surface area contributed by atoms with E-state index in [-0.39, 0.29) is 11.8 Å². The summed E-state index contributed by atoms with van der Waals surface area (Å²) in [7, 11) is 3.89. The van der Waals surface area contributed by atoms with Gasteiger partial charge in [-0.05, 0) is 44.8 Å². The molecule has 37 heavy (non-hydrogen) atoms. The van der Waals surface area contributed by atoms with Crippen molar-refractivity contribution in [1.29, 1.82) is 0 Å². The molecular formula is C27H26F2N6O2. The fraction of sp³-hybridized carbons (Fsp3) is 0.296. The van der Waals surface area contributed by atoms with E-state index in [1.807, 2.05) is 48.0 Å². The molecule has 2 unspecified atom stereocenters. The zero-order chi connectivity index (χ0) is 26.1. The van der Waals surface area contributed by atoms with E-state index in [1.54, 1.807) is 23.0 Å². The van der Waals surface area contributed by atoms with Crippen molar-refractivity contribution in [3.63, 3.8) is 0 Å². The Balaban J connectivity index is 1.62. The molecule has 10 heteroatoms. The molecule has 0 saturated heterocycles. The number of benzene rings is 2. The molecule has 0 aliphatic carbocycles. The van der Waals surface area contributed by atoms with Crippen LogP contribution >= 0.6 is 0 Å². The smallest absolute Gasteiger partial charge is 0.387 e. The Labute approximate surface area is 212 Å². The average Bonchev–Trinajstić information content (AvgIpc) is 3.57. The predicted octanol–water partition coefficient (Wildman–Crippen LogP) is 3.60. The molecule has 1 aliphatic heterocycles. The van der Waals surface area contributed by atoms with E-state index in [1.165, 1.54) is 6.07 Å². The summed E-state index contributed by atoms with van der Waals surface area (Å²) in [6, 6.07) is 9.84. The van der Waals surface area contributed by atoms with Gasteiger partial charge in [0.25, 0.3) is 0 Å². The number of halogens is 2. The number of nitrogens with two attached hydrogens (primary N) is 1. The zero-order valence-corrected chi connectivity index (χ0v) is 20.4. The maximum absolute atomic E-state index is 13.3. The molecule has 4 aromatic rings. The number of aromatic nitrogens is 4. The highest BCUT2D eigenvalue weighted by molar-refractivity contribution is 5.82. The number of imidazole rings is 1. The Hall–Kier alpha value is -4.07. The fourth-order valence-corrected chi connectivity index (χ4v) is 4.91. The first-order valence-electron chi connectivity index (χ1n) is 11.9. The molecule has 0 radical (unpaired) electrons. The van der Waals surface area contributed by atoms with Gasteiger partial charge in [-0.3, -0.25) is 14.4 Å². The van der Waals surface area contributed by atoms with Crippen molar-refractivity contribution in [2.45, 2.75) is 31.7 Å². The largest absolute Gasteiger partial charge is 0.434 e. The first-order chi connectivity index (χ1) is 17.9. The number of rotatable bonds is 7. The van der Waals surface area contributed by atoms with Gasteiger partial charge in [0, 0.05) is 29.4 Å². The summed E-state index contributed by atoms with van der Waals surface area (Å²) in [4.78, 5) is 18.9. The summed E-state index contributed by atoms with van der Waals surface area (Å²) in [5.41, 5.74) is 9.41. The Kier molecular flexibility index (Phi) is 6.74. The van der Waals surface area contributed by atoms with Gasteiger partial charge in [-0.15, -0.1) is 0 Å². The highest BCUT2D eigenvalue weighted by Gasteiger charge is 2.38. The maximum atomic E-state index is 13.3. The van der Waals surface area contributed by atoms with Crippen LogP contribution in [0.2, 0.25) is 0 Å². The number of hydrogen-bond acceptors (Lipinski definition) is 6. The molecule has 2 atom stereocenters. The van der Waals surface area contributed by atoms with Crippen LogP contribution in [0.4, 0.5) is 8.78 Å². The quantitative estimate of drug-likeness (QED) is 0.306. The first-order valence-corrected chi connectivity index (χ1v) is 11.9. The first kappa shape index (κ1) is 24.6. The molecule has 0 saturated carbocycles. The molecule has 0 fully saturated rings. The van der Waals surface area contributed by atoms with Crippen molar-refractivity contribution in [3.05, 3.63) is 76.9 Å². The lowest BCUT2D eigenvalue weighted by Gasteiger charge is -2.22. The summed E-state index contributed by atoms with van der Waals surface area (Å²) in [6.45, 7) is -1.91. The van der Waals surface area contributed by atoms with E-state index in [9.17, 15) is 13.6 Å². The van der Waals surface area contributed by atoms with Gasteiger partial charge in [0.2, 0.25) is 0 Å². The number of nitrogens with zero attached hydrogens (tertiary/aromatic N) is 5. The summed E-state index contributed by atoms with van der Waals surface area (Å²) < 4.78 is 35.2. The Morgan fingerprint density at radius 1 is 1.24 bits per heavy atom. The molecule has 0 amide bonds. The third-order valence-electron chi connectivity index (χ3n) is 6.52. The van der Waals surface area contributed by atoms with Gasteiger partial charge in [0.15, 0.2) is 6.29 Å². The van der Waals surface area contributed by atoms with Crippen LogP contribution in [0.5, 0.6) is 5.75 Å². The number of ether oxygens (including phenoxy) is 1. The minimum Gasteiger partial charge on any atom is -0.434 e. The van der Waals surface area contributed by atoms with Crippen LogP contribution in [0.3, 0.4) is 0 Å². The molecule has 1 aliphatic rings. The van der Waals surface area contributed by atoms with E-state index in [0.717, 1.165) is 28.0 Å². The summed E-state index contributed by atoms with van der Waals surface area (Å²) in [6.07, 6.45) is 4.76. The SMILES string of the molecule is CN(C)C1CC(c2c(C=O)cccc2OC(F)F)n2c1nc1ccc(C#Cc3cnn(CCN)c3)cc12. The van der Waals surface area contributed by atoms with Gasteiger partial charge in [0.05, 0.1) is 41.4 Å². The Bertz CT molecular complexity index is 1510. The Morgan fingerprint density at radius 3 is 2.78 bits per heavy atom. The van der Waals surface area contributed by atoms with Crippen molar-refractivity contribution < 1.29 is 18.3 Å². The molecule has 2 aromatic carbocycles. The minimum absolute atomic E-state index is 0.0118. The second kappa shape index (κ2) is 10.1. The third-order valence-corrected chi connectivity index (χ3v) is 6.52. The highest BCUT2D eigenvalue weighted by atomic mass is 19.3. The van der Waals surface area contributed by atoms with Crippen LogP contribution in [0, 0.1) is 11.8 Å². The van der Waals surface area contributed by atoms with E-state index in [0.29, 0.717) is 36.9 Å². The summed E-state index contributed by atoms with van der Waals surface area (Å²) in [5, 5.41) is 4.24. The van der Waals surface area contributed by atoms with Gasteiger partial charge >= 0.3 is 6.61 Å². The molecular weight excluding hydrogens is 478 g/mol. The summed E-state index contributed by atoms with van der Waals surface area (Å²) >= 11 is 0. The number of carbonyl (C=O) groups is 1. The van der Waals surface area contributed by atoms with Crippen LogP contribution in [0.1, 0.15) is 51.4 Å². The average molecular weight is 505 g/mol. The summed E-state index contributed by atoms with van der Waals surface area (Å²) in [5.74, 6) is 7.08. The minimum atomic E-state index is -3.01. The van der Waals surface area contributed by atoms with E-state index in [4.69, 9.17) is 15.5 Å². The van der Waals surface area contributed by atoms with Gasteiger partial charge in [-0.25, -0.2) is 4.98 Å². The van der Waals surface area contributed by atoms with E-state index in [2.05, 4.69) is 16.9 Å². The van der Waals surface area contributed by atoms with E-state index >= 15 is 0 Å². The van der Waals surface area contributed by atoms with Crippen LogP contribution in [0.15, 0.2) is 48.8 Å². The van der Waals surface area contributed by atoms with Crippen LogP contribution in [-0.4, -0.2) is 57.8 Å². The molecule has 5 rings (SSSR count). The fourth-order valence-electron chi connectivity index (χ4n) is 4.91. The van der Waals surface area contributed by atoms with Gasteiger partial charge in [-0.1, -0.05) is 24.0 Å². The third kappa shape index (κ3) is 4.71. The zero-order valence-electron chi connectivity index (χ0n) is 20.4. The van der Waals surface area contributed by atoms with Crippen molar-refractivity contribution in [1.82, 2.24) is 24.2 Å². The molecule has 2 aromatic heterocycles. The van der Waals surface area contributed by atoms with Crippen LogP contribution < -0.4 is 10.5 Å². The Morgan fingerprint density at radius 2 is 2.05 bits per heavy atom. The lowest BCUT2D eigenvalue weighted by Crippen LogP contribution is -2.18. The number of hydrogen-bond donors (Lipinski definition) is 1.